The Bertz CT molecular complexity index is 780. The van der Waals surface area contributed by atoms with Gasteiger partial charge in [0.25, 0.3) is 0 Å². The van der Waals surface area contributed by atoms with E-state index in [0.717, 1.165) is 36.2 Å². The normalized spacial score (nSPS) is 15.6. The second-order valence-electron chi connectivity index (χ2n) is 7.10. The molecule has 0 radical (unpaired) electrons. The van der Waals surface area contributed by atoms with Crippen molar-refractivity contribution in [2.45, 2.75) is 39.5 Å². The fourth-order valence-corrected chi connectivity index (χ4v) is 3.12. The molecule has 158 valence electrons. The average molecular weight is 401 g/mol. The third kappa shape index (κ3) is 6.51. The van der Waals surface area contributed by atoms with Gasteiger partial charge in [-0.3, -0.25) is 0 Å². The Hall–Kier alpha value is -2.51. The monoisotopic (exact) mass is 400 g/mol. The lowest BCUT2D eigenvalue weighted by Crippen LogP contribution is -2.29. The molecule has 0 spiro atoms. The predicted molar refractivity (Wildman–Crippen MR) is 118 cm³/mol. The van der Waals surface area contributed by atoms with Crippen LogP contribution in [0.4, 0.5) is 11.4 Å². The number of hydrogen-bond acceptors (Lipinski definition) is 7. The zero-order chi connectivity index (χ0) is 21.2. The first kappa shape index (κ1) is 22.8. The molecule has 1 aromatic rings. The van der Waals surface area contributed by atoms with Crippen LogP contribution in [-0.2, 0) is 4.74 Å². The number of aliphatic imine (C=N–C) groups is 1. The lowest BCUT2D eigenvalue weighted by atomic mass is 9.99. The third-order valence-electron chi connectivity index (χ3n) is 4.76. The zero-order valence-electron chi connectivity index (χ0n) is 17.4. The molecule has 0 heterocycles. The van der Waals surface area contributed by atoms with Crippen molar-refractivity contribution in [2.75, 3.05) is 37.8 Å². The van der Waals surface area contributed by atoms with Gasteiger partial charge in [0.1, 0.15) is 5.76 Å². The first-order chi connectivity index (χ1) is 14.0. The van der Waals surface area contributed by atoms with E-state index >= 15 is 0 Å². The molecule has 0 unspecified atom stereocenters. The van der Waals surface area contributed by atoms with Gasteiger partial charge in [-0.15, -0.1) is 0 Å². The lowest BCUT2D eigenvalue weighted by molar-refractivity contribution is 0.223. The van der Waals surface area contributed by atoms with Crippen LogP contribution >= 0.6 is 0 Å². The van der Waals surface area contributed by atoms with Crippen molar-refractivity contribution in [1.82, 2.24) is 0 Å². The van der Waals surface area contributed by atoms with Gasteiger partial charge in [-0.05, 0) is 37.1 Å². The Morgan fingerprint density at radius 1 is 1.10 bits per heavy atom. The minimum Gasteiger partial charge on any atom is -0.492 e. The van der Waals surface area contributed by atoms with Crippen LogP contribution in [0.5, 0.6) is 0 Å². The average Bonchev–Trinajstić information content (AvgIpc) is 2.69. The van der Waals surface area contributed by atoms with Crippen molar-refractivity contribution in [3.8, 4) is 0 Å². The van der Waals surface area contributed by atoms with E-state index in [4.69, 9.17) is 15.6 Å². The largest absolute Gasteiger partial charge is 0.492 e. The first-order valence-corrected chi connectivity index (χ1v) is 10.2. The van der Waals surface area contributed by atoms with Crippen molar-refractivity contribution in [1.29, 1.82) is 10.8 Å². The number of nitrogens with zero attached hydrogens (tertiary/aromatic N) is 2. The van der Waals surface area contributed by atoms with Crippen LogP contribution < -0.4 is 4.90 Å². The number of nitrogens with one attached hydrogen (secondary N) is 2. The smallest absolute Gasteiger partial charge is 0.142 e. The quantitative estimate of drug-likeness (QED) is 0.426. The minimum atomic E-state index is 0.0120. The molecule has 4 N–H and O–H groups in total. The number of rotatable bonds is 11. The number of allylic oxidation sites excluding steroid dienone is 2. The molecule has 0 saturated carbocycles. The van der Waals surface area contributed by atoms with E-state index in [1.165, 1.54) is 0 Å². The van der Waals surface area contributed by atoms with Crippen LogP contribution in [0.15, 0.2) is 35.0 Å². The number of unbranched alkanes of at least 4 members (excludes halogenated alkanes) is 2. The van der Waals surface area contributed by atoms with Gasteiger partial charge in [0.15, 0.2) is 0 Å². The number of anilines is 1. The molecule has 7 heteroatoms. The van der Waals surface area contributed by atoms with Crippen LogP contribution in [0, 0.1) is 17.7 Å². The van der Waals surface area contributed by atoms with Crippen molar-refractivity contribution in [3.63, 3.8) is 0 Å². The second kappa shape index (κ2) is 11.5. The number of aryl methyl sites for hydroxylation is 1. The zero-order valence-corrected chi connectivity index (χ0v) is 17.4. The van der Waals surface area contributed by atoms with E-state index < -0.39 is 0 Å². The summed E-state index contributed by atoms with van der Waals surface area (Å²) < 4.78 is 5.75. The maximum Gasteiger partial charge on any atom is 0.142 e. The molecule has 1 aromatic carbocycles. The maximum absolute atomic E-state index is 9.23. The Labute approximate surface area is 172 Å². The number of aliphatic hydroxyl groups is 2. The summed E-state index contributed by atoms with van der Waals surface area (Å²) in [5, 5.41) is 34.8. The summed E-state index contributed by atoms with van der Waals surface area (Å²) in [5.41, 5.74) is 3.73. The van der Waals surface area contributed by atoms with E-state index in [0.29, 0.717) is 42.6 Å². The molecule has 0 fully saturated rings. The fraction of sp³-hybridized carbons (Fsp3) is 0.500. The van der Waals surface area contributed by atoms with Crippen LogP contribution in [0.25, 0.3) is 0 Å². The molecule has 1 aliphatic rings. The molecule has 1 aliphatic carbocycles. The van der Waals surface area contributed by atoms with Gasteiger partial charge in [-0.25, -0.2) is 4.99 Å². The summed E-state index contributed by atoms with van der Waals surface area (Å²) in [5.74, 6) is 0.502. The molecule has 0 amide bonds. The topological polar surface area (TPSA) is 113 Å². The number of benzene rings is 1. The van der Waals surface area contributed by atoms with E-state index in [2.05, 4.69) is 11.9 Å². The number of ether oxygens (including phenoxy) is 1. The van der Waals surface area contributed by atoms with Crippen LogP contribution in [0.2, 0.25) is 0 Å². The predicted octanol–water partition coefficient (Wildman–Crippen LogP) is 3.39. The third-order valence-corrected chi connectivity index (χ3v) is 4.76. The van der Waals surface area contributed by atoms with Crippen LogP contribution in [0.1, 0.15) is 38.2 Å². The molecule has 2 rings (SSSR count). The SMILES string of the molecule is CCCCCOC1=CC(=Nc2ccc(N(CCO)CCO)cc2C)C(=N)CC1=N. The Kier molecular flexibility index (Phi) is 9.02. The highest BCUT2D eigenvalue weighted by Gasteiger charge is 2.20. The molecule has 0 aromatic heterocycles. The van der Waals surface area contributed by atoms with E-state index in [1.807, 2.05) is 30.0 Å². The summed E-state index contributed by atoms with van der Waals surface area (Å²) >= 11 is 0. The summed E-state index contributed by atoms with van der Waals surface area (Å²) in [6, 6.07) is 5.74. The molecule has 7 nitrogen and oxygen atoms in total. The maximum atomic E-state index is 9.23. The van der Waals surface area contributed by atoms with Crippen molar-refractivity contribution >= 4 is 28.5 Å². The van der Waals surface area contributed by atoms with Crippen molar-refractivity contribution in [2.24, 2.45) is 4.99 Å². The highest BCUT2D eigenvalue weighted by molar-refractivity contribution is 6.51. The van der Waals surface area contributed by atoms with Gasteiger partial charge >= 0.3 is 0 Å². The molecular weight excluding hydrogens is 368 g/mol. The van der Waals surface area contributed by atoms with Gasteiger partial charge in [0.2, 0.25) is 0 Å². The second-order valence-corrected chi connectivity index (χ2v) is 7.10. The molecule has 0 bridgehead atoms. The highest BCUT2D eigenvalue weighted by atomic mass is 16.5. The summed E-state index contributed by atoms with van der Waals surface area (Å²) in [6.45, 7) is 5.57. The Morgan fingerprint density at radius 2 is 1.83 bits per heavy atom. The van der Waals surface area contributed by atoms with Gasteiger partial charge in [-0.1, -0.05) is 19.8 Å². The summed E-state index contributed by atoms with van der Waals surface area (Å²) in [6.07, 6.45) is 5.06. The standard InChI is InChI=1S/C22H32N4O3/c1-3-4-5-12-29-22-15-21(18(23)14-19(22)24)25-20-7-6-17(13-16(20)2)26(8-10-27)9-11-28/h6-7,13,15,23-24,27-28H,3-5,8-12,14H2,1-2H3. The van der Waals surface area contributed by atoms with Gasteiger partial charge in [0.05, 0.1) is 42.6 Å². The first-order valence-electron chi connectivity index (χ1n) is 10.2. The fourth-order valence-electron chi connectivity index (χ4n) is 3.12. The molecule has 29 heavy (non-hydrogen) atoms. The minimum absolute atomic E-state index is 0.0120. The number of aliphatic hydroxyl groups excluding tert-OH is 2. The molecular formula is C22H32N4O3. The highest BCUT2D eigenvalue weighted by Crippen LogP contribution is 2.26. The van der Waals surface area contributed by atoms with Crippen molar-refractivity contribution < 1.29 is 14.9 Å². The molecule has 0 atom stereocenters. The van der Waals surface area contributed by atoms with Crippen LogP contribution in [-0.4, -0.2) is 60.3 Å². The Balaban J connectivity index is 2.23. The molecule has 0 saturated heterocycles. The summed E-state index contributed by atoms with van der Waals surface area (Å²) in [4.78, 5) is 6.55. The van der Waals surface area contributed by atoms with E-state index in [9.17, 15) is 10.2 Å². The Morgan fingerprint density at radius 3 is 2.45 bits per heavy atom. The van der Waals surface area contributed by atoms with Gasteiger partial charge < -0.3 is 30.7 Å². The lowest BCUT2D eigenvalue weighted by Gasteiger charge is -2.23. The summed E-state index contributed by atoms with van der Waals surface area (Å²) in [7, 11) is 0. The van der Waals surface area contributed by atoms with E-state index in [1.54, 1.807) is 6.08 Å². The van der Waals surface area contributed by atoms with Crippen LogP contribution in [0.3, 0.4) is 0 Å². The van der Waals surface area contributed by atoms with Crippen molar-refractivity contribution in [3.05, 3.63) is 35.6 Å². The number of hydrogen-bond donors (Lipinski definition) is 4. The van der Waals surface area contributed by atoms with Gasteiger partial charge in [-0.2, -0.15) is 0 Å². The molecule has 0 aliphatic heterocycles. The van der Waals surface area contributed by atoms with Gasteiger partial charge in [0, 0.05) is 31.3 Å². The van der Waals surface area contributed by atoms with E-state index in [-0.39, 0.29) is 19.6 Å².